The minimum atomic E-state index is -1.29. The fourth-order valence-electron chi connectivity index (χ4n) is 5.50. The highest BCUT2D eigenvalue weighted by Crippen LogP contribution is 2.34. The standard InChI is InChI=1S/C40H36N2O8/c1-24-8-9-25(21-36(43)44)34(20-24)37(45)41-28-6-5-7-29(22-28)42-38(46)35-23-32(18-19-33(35)39(47)48)50-31-16-12-27(13-17-31)40(2,3)26-10-14-30(49-4)15-11-26/h5-20,22-23H,21H2,1-4H3,(H,41,45)(H,42,46)(H,43,44)(H,47,48). The van der Waals surface area contributed by atoms with Crippen LogP contribution >= 0.6 is 0 Å². The summed E-state index contributed by atoms with van der Waals surface area (Å²) in [4.78, 5) is 49.9. The minimum Gasteiger partial charge on any atom is -0.497 e. The smallest absolute Gasteiger partial charge is 0.336 e. The van der Waals surface area contributed by atoms with Crippen LogP contribution in [0.3, 0.4) is 0 Å². The van der Waals surface area contributed by atoms with Crippen molar-refractivity contribution in [1.29, 1.82) is 0 Å². The van der Waals surface area contributed by atoms with E-state index in [-0.39, 0.29) is 34.3 Å². The summed E-state index contributed by atoms with van der Waals surface area (Å²) in [6, 6.07) is 30.8. The molecule has 0 atom stereocenters. The lowest BCUT2D eigenvalue weighted by Gasteiger charge is -2.26. The van der Waals surface area contributed by atoms with Crippen LogP contribution in [0.25, 0.3) is 0 Å². The predicted molar refractivity (Wildman–Crippen MR) is 190 cm³/mol. The number of ether oxygens (including phenoxy) is 2. The lowest BCUT2D eigenvalue weighted by atomic mass is 9.78. The van der Waals surface area contributed by atoms with E-state index in [4.69, 9.17) is 9.47 Å². The number of carboxylic acids is 2. The first kappa shape index (κ1) is 34.9. The number of amides is 2. The summed E-state index contributed by atoms with van der Waals surface area (Å²) in [5.41, 5.74) is 3.51. The van der Waals surface area contributed by atoms with Crippen molar-refractivity contribution in [2.75, 3.05) is 17.7 Å². The van der Waals surface area contributed by atoms with Crippen LogP contribution < -0.4 is 20.1 Å². The first-order chi connectivity index (χ1) is 23.8. The number of nitrogens with one attached hydrogen (secondary N) is 2. The second-order valence-electron chi connectivity index (χ2n) is 12.2. The van der Waals surface area contributed by atoms with Crippen LogP contribution in [-0.4, -0.2) is 41.1 Å². The molecule has 5 rings (SSSR count). The number of carbonyl (C=O) groups is 4. The van der Waals surface area contributed by atoms with Crippen molar-refractivity contribution in [2.45, 2.75) is 32.6 Å². The Morgan fingerprint density at radius 1 is 0.640 bits per heavy atom. The highest BCUT2D eigenvalue weighted by Gasteiger charge is 2.24. The van der Waals surface area contributed by atoms with E-state index in [1.165, 1.54) is 24.3 Å². The van der Waals surface area contributed by atoms with Gasteiger partial charge < -0.3 is 30.3 Å². The zero-order valence-electron chi connectivity index (χ0n) is 27.9. The Hall–Kier alpha value is -6.42. The molecule has 10 heteroatoms. The predicted octanol–water partition coefficient (Wildman–Crippen LogP) is 7.95. The van der Waals surface area contributed by atoms with E-state index in [1.807, 2.05) is 48.5 Å². The molecule has 0 unspecified atom stereocenters. The lowest BCUT2D eigenvalue weighted by molar-refractivity contribution is -0.136. The molecule has 0 fully saturated rings. The lowest BCUT2D eigenvalue weighted by Crippen LogP contribution is -2.18. The molecule has 0 saturated carbocycles. The van der Waals surface area contributed by atoms with Crippen molar-refractivity contribution < 1.29 is 38.9 Å². The van der Waals surface area contributed by atoms with E-state index < -0.39 is 23.8 Å². The van der Waals surface area contributed by atoms with Gasteiger partial charge in [-0.3, -0.25) is 14.4 Å². The summed E-state index contributed by atoms with van der Waals surface area (Å²) < 4.78 is 11.3. The Kier molecular flexibility index (Phi) is 10.3. The summed E-state index contributed by atoms with van der Waals surface area (Å²) in [6.45, 7) is 6.03. The van der Waals surface area contributed by atoms with Crippen molar-refractivity contribution in [3.8, 4) is 17.2 Å². The van der Waals surface area contributed by atoms with E-state index in [0.717, 1.165) is 22.4 Å². The topological polar surface area (TPSA) is 151 Å². The number of carbonyl (C=O) groups excluding carboxylic acids is 2. The Balaban J connectivity index is 1.31. The van der Waals surface area contributed by atoms with Crippen LogP contribution in [-0.2, 0) is 16.6 Å². The maximum Gasteiger partial charge on any atom is 0.336 e. The van der Waals surface area contributed by atoms with Crippen LogP contribution in [0.1, 0.15) is 67.2 Å². The molecule has 0 aliphatic rings. The van der Waals surface area contributed by atoms with Crippen molar-refractivity contribution in [1.82, 2.24) is 0 Å². The van der Waals surface area contributed by atoms with Crippen LogP contribution in [0.5, 0.6) is 17.2 Å². The monoisotopic (exact) mass is 672 g/mol. The second kappa shape index (κ2) is 14.8. The maximum atomic E-state index is 13.4. The molecule has 50 heavy (non-hydrogen) atoms. The van der Waals surface area contributed by atoms with E-state index in [0.29, 0.717) is 22.7 Å². The average Bonchev–Trinajstić information content (AvgIpc) is 3.09. The third-order valence-electron chi connectivity index (χ3n) is 8.32. The number of hydrogen-bond donors (Lipinski definition) is 4. The molecule has 0 radical (unpaired) electrons. The summed E-state index contributed by atoms with van der Waals surface area (Å²) >= 11 is 0. The molecule has 0 spiro atoms. The van der Waals surface area contributed by atoms with Gasteiger partial charge in [-0.15, -0.1) is 0 Å². The summed E-state index contributed by atoms with van der Waals surface area (Å²) in [7, 11) is 1.63. The number of anilines is 2. The van der Waals surface area contributed by atoms with Crippen LogP contribution in [0.15, 0.2) is 109 Å². The molecule has 0 bridgehead atoms. The normalized spacial score (nSPS) is 11.0. The highest BCUT2D eigenvalue weighted by molar-refractivity contribution is 6.11. The first-order valence-electron chi connectivity index (χ1n) is 15.7. The molecule has 0 aliphatic heterocycles. The van der Waals surface area contributed by atoms with Crippen molar-refractivity contribution in [3.63, 3.8) is 0 Å². The third-order valence-corrected chi connectivity index (χ3v) is 8.32. The molecule has 5 aromatic rings. The average molecular weight is 673 g/mol. The van der Waals surface area contributed by atoms with Crippen molar-refractivity contribution >= 4 is 35.1 Å². The molecular weight excluding hydrogens is 636 g/mol. The second-order valence-corrected chi connectivity index (χ2v) is 12.2. The quantitative estimate of drug-likeness (QED) is 0.104. The van der Waals surface area contributed by atoms with Gasteiger partial charge in [-0.05, 0) is 90.3 Å². The number of aliphatic carboxylic acids is 1. The zero-order chi connectivity index (χ0) is 36.0. The largest absolute Gasteiger partial charge is 0.497 e. The van der Waals surface area contributed by atoms with Gasteiger partial charge in [0.15, 0.2) is 0 Å². The van der Waals surface area contributed by atoms with Gasteiger partial charge in [0.05, 0.1) is 24.7 Å². The van der Waals surface area contributed by atoms with E-state index >= 15 is 0 Å². The van der Waals surface area contributed by atoms with Crippen LogP contribution in [0.2, 0.25) is 0 Å². The fraction of sp³-hybridized carbons (Fsp3) is 0.150. The SMILES string of the molecule is COc1ccc(C(C)(C)c2ccc(Oc3ccc(C(=O)O)c(C(=O)Nc4cccc(NC(=O)c5cc(C)ccc5CC(=O)O)c4)c3)cc2)cc1. The number of hydrogen-bond acceptors (Lipinski definition) is 6. The van der Waals surface area contributed by atoms with Gasteiger partial charge in [-0.1, -0.05) is 61.9 Å². The van der Waals surface area contributed by atoms with E-state index in [1.54, 1.807) is 50.4 Å². The van der Waals surface area contributed by atoms with Crippen LogP contribution in [0.4, 0.5) is 11.4 Å². The molecule has 0 aromatic heterocycles. The van der Waals surface area contributed by atoms with Gasteiger partial charge in [0.25, 0.3) is 11.8 Å². The molecule has 0 heterocycles. The molecule has 0 aliphatic carbocycles. The molecule has 5 aromatic carbocycles. The molecule has 2 amide bonds. The molecule has 10 nitrogen and oxygen atoms in total. The van der Waals surface area contributed by atoms with Gasteiger partial charge in [0, 0.05) is 22.4 Å². The summed E-state index contributed by atoms with van der Waals surface area (Å²) in [6.07, 6.45) is -0.318. The Labute approximate surface area is 289 Å². The van der Waals surface area contributed by atoms with Crippen molar-refractivity contribution in [3.05, 3.63) is 148 Å². The van der Waals surface area contributed by atoms with Crippen molar-refractivity contribution in [2.24, 2.45) is 0 Å². The molecule has 254 valence electrons. The number of aromatic carboxylic acids is 1. The number of rotatable bonds is 12. The number of methoxy groups -OCH3 is 1. The summed E-state index contributed by atoms with van der Waals surface area (Å²) in [5.74, 6) is -2.02. The van der Waals surface area contributed by atoms with Crippen LogP contribution in [0, 0.1) is 6.92 Å². The minimum absolute atomic E-state index is 0.125. The Bertz CT molecular complexity index is 2070. The third kappa shape index (κ3) is 8.16. The Morgan fingerprint density at radius 2 is 1.20 bits per heavy atom. The number of carboxylic acid groups (broad SMARTS) is 2. The van der Waals surface area contributed by atoms with Gasteiger partial charge in [-0.25, -0.2) is 4.79 Å². The molecular formula is C40H36N2O8. The van der Waals surface area contributed by atoms with Gasteiger partial charge in [0.1, 0.15) is 17.2 Å². The van der Waals surface area contributed by atoms with E-state index in [2.05, 4.69) is 24.5 Å². The van der Waals surface area contributed by atoms with E-state index in [9.17, 15) is 29.4 Å². The summed E-state index contributed by atoms with van der Waals surface area (Å²) in [5, 5.41) is 24.5. The number of aryl methyl sites for hydroxylation is 1. The fourth-order valence-corrected chi connectivity index (χ4v) is 5.50. The maximum absolute atomic E-state index is 13.4. The van der Waals surface area contributed by atoms with Gasteiger partial charge in [0.2, 0.25) is 0 Å². The molecule has 4 N–H and O–H groups in total. The zero-order valence-corrected chi connectivity index (χ0v) is 27.9. The highest BCUT2D eigenvalue weighted by atomic mass is 16.5. The molecule has 0 saturated heterocycles. The first-order valence-corrected chi connectivity index (χ1v) is 15.7. The van der Waals surface area contributed by atoms with Gasteiger partial charge in [-0.2, -0.15) is 0 Å². The van der Waals surface area contributed by atoms with Gasteiger partial charge >= 0.3 is 11.9 Å². The number of benzene rings is 5. The Morgan fingerprint density at radius 3 is 1.76 bits per heavy atom.